The topological polar surface area (TPSA) is 59.8 Å². The molecule has 90 valence electrons. The molecule has 6 heteroatoms. The van der Waals surface area contributed by atoms with Gasteiger partial charge in [0.05, 0.1) is 0 Å². The Morgan fingerprint density at radius 3 is 3.12 bits per heavy atom. The van der Waals surface area contributed by atoms with Crippen LogP contribution < -0.4 is 5.32 Å². The molecule has 0 fully saturated rings. The Hall–Kier alpha value is -0.871. The predicted molar refractivity (Wildman–Crippen MR) is 63.5 cm³/mol. The average molecular weight is 289 g/mol. The van der Waals surface area contributed by atoms with E-state index < -0.39 is 0 Å². The van der Waals surface area contributed by atoms with E-state index in [0.29, 0.717) is 26.8 Å². The zero-order chi connectivity index (χ0) is 11.8. The van der Waals surface area contributed by atoms with E-state index in [9.17, 15) is 4.79 Å². The molecule has 1 aromatic heterocycles. The molecule has 0 aliphatic heterocycles. The van der Waals surface area contributed by atoms with Crippen molar-refractivity contribution in [2.45, 2.75) is 37.5 Å². The molecule has 1 amide bonds. The van der Waals surface area contributed by atoms with Crippen LogP contribution in [0.4, 0.5) is 0 Å². The number of hydrogen-bond acceptors (Lipinski definition) is 3. The van der Waals surface area contributed by atoms with Crippen LogP contribution in [0.15, 0.2) is 6.20 Å². The summed E-state index contributed by atoms with van der Waals surface area (Å²) in [6.07, 6.45) is 3.75. The Kier molecular flexibility index (Phi) is 6.11. The number of amides is 1. The van der Waals surface area contributed by atoms with E-state index in [-0.39, 0.29) is 5.91 Å². The van der Waals surface area contributed by atoms with Gasteiger partial charge in [0.1, 0.15) is 0 Å². The van der Waals surface area contributed by atoms with Crippen molar-refractivity contribution >= 4 is 20.9 Å². The SMILES string of the molecule is CCCn1cc(CCNC(=O)C[Se]C)nn1. The third-order valence-electron chi connectivity index (χ3n) is 2.02. The summed E-state index contributed by atoms with van der Waals surface area (Å²) in [5.41, 5.74) is 0.941. The molecule has 0 radical (unpaired) electrons. The summed E-state index contributed by atoms with van der Waals surface area (Å²) >= 11 is 0.411. The van der Waals surface area contributed by atoms with E-state index in [1.54, 1.807) is 0 Å². The van der Waals surface area contributed by atoms with Crippen molar-refractivity contribution < 1.29 is 4.79 Å². The quantitative estimate of drug-likeness (QED) is 0.744. The molecule has 1 N–H and O–H groups in total. The normalized spacial score (nSPS) is 10.4. The van der Waals surface area contributed by atoms with Crippen LogP contribution >= 0.6 is 0 Å². The predicted octanol–water partition coefficient (Wildman–Crippen LogP) is 0.517. The Labute approximate surface area is 102 Å². The molecule has 0 atom stereocenters. The van der Waals surface area contributed by atoms with Gasteiger partial charge in [-0.15, -0.1) is 0 Å². The van der Waals surface area contributed by atoms with Gasteiger partial charge in [0.25, 0.3) is 0 Å². The fourth-order valence-corrected chi connectivity index (χ4v) is 2.07. The summed E-state index contributed by atoms with van der Waals surface area (Å²) in [5.74, 6) is 2.20. The number of aryl methyl sites for hydroxylation is 1. The van der Waals surface area contributed by atoms with E-state index in [1.807, 2.05) is 10.9 Å². The molecule has 16 heavy (non-hydrogen) atoms. The van der Waals surface area contributed by atoms with Crippen LogP contribution in [0.25, 0.3) is 0 Å². The minimum absolute atomic E-state index is 0.142. The van der Waals surface area contributed by atoms with Crippen molar-refractivity contribution in [2.75, 3.05) is 6.54 Å². The summed E-state index contributed by atoms with van der Waals surface area (Å²) in [6, 6.07) is 0. The van der Waals surface area contributed by atoms with Gasteiger partial charge in [-0.2, -0.15) is 0 Å². The molecular formula is C10H18N4OSe. The van der Waals surface area contributed by atoms with Crippen molar-refractivity contribution in [2.24, 2.45) is 0 Å². The molecular weight excluding hydrogens is 271 g/mol. The van der Waals surface area contributed by atoms with Crippen molar-refractivity contribution in [1.82, 2.24) is 20.3 Å². The third kappa shape index (κ3) is 4.77. The first kappa shape index (κ1) is 13.2. The monoisotopic (exact) mass is 290 g/mol. The van der Waals surface area contributed by atoms with Crippen LogP contribution in [0, 0.1) is 0 Å². The van der Waals surface area contributed by atoms with Crippen LogP contribution in [0.3, 0.4) is 0 Å². The molecule has 0 saturated carbocycles. The summed E-state index contributed by atoms with van der Waals surface area (Å²) in [4.78, 5) is 11.2. The number of nitrogens with zero attached hydrogens (tertiary/aromatic N) is 3. The van der Waals surface area contributed by atoms with Crippen molar-refractivity contribution in [3.8, 4) is 0 Å². The van der Waals surface area contributed by atoms with E-state index in [4.69, 9.17) is 0 Å². The number of aromatic nitrogens is 3. The molecule has 1 heterocycles. The van der Waals surface area contributed by atoms with Gasteiger partial charge in [0.15, 0.2) is 0 Å². The van der Waals surface area contributed by atoms with Gasteiger partial charge in [0, 0.05) is 0 Å². The van der Waals surface area contributed by atoms with E-state index in [2.05, 4.69) is 28.4 Å². The van der Waals surface area contributed by atoms with Crippen LogP contribution in [-0.2, 0) is 17.8 Å². The second kappa shape index (κ2) is 7.41. The van der Waals surface area contributed by atoms with Gasteiger partial charge < -0.3 is 0 Å². The zero-order valence-corrected chi connectivity index (χ0v) is 11.5. The van der Waals surface area contributed by atoms with Crippen LogP contribution in [0.1, 0.15) is 19.0 Å². The van der Waals surface area contributed by atoms with E-state index in [1.165, 1.54) is 0 Å². The number of rotatable bonds is 7. The maximum absolute atomic E-state index is 11.2. The molecule has 1 aromatic rings. The van der Waals surface area contributed by atoms with Crippen molar-refractivity contribution in [3.05, 3.63) is 11.9 Å². The van der Waals surface area contributed by atoms with E-state index in [0.717, 1.165) is 25.1 Å². The zero-order valence-electron chi connectivity index (χ0n) is 9.77. The number of hydrogen-bond donors (Lipinski definition) is 1. The minimum atomic E-state index is 0.142. The molecule has 0 saturated heterocycles. The Morgan fingerprint density at radius 2 is 2.44 bits per heavy atom. The first-order chi connectivity index (χ1) is 7.76. The van der Waals surface area contributed by atoms with Gasteiger partial charge in [0.2, 0.25) is 0 Å². The number of carbonyl (C=O) groups excluding carboxylic acids is 1. The molecule has 0 unspecified atom stereocenters. The summed E-state index contributed by atoms with van der Waals surface area (Å²) in [6.45, 7) is 3.66. The fraction of sp³-hybridized carbons (Fsp3) is 0.700. The molecule has 0 bridgehead atoms. The van der Waals surface area contributed by atoms with E-state index >= 15 is 0 Å². The molecule has 0 aliphatic carbocycles. The summed E-state index contributed by atoms with van der Waals surface area (Å²) in [7, 11) is 0. The molecule has 5 nitrogen and oxygen atoms in total. The van der Waals surface area contributed by atoms with Gasteiger partial charge in [-0.25, -0.2) is 0 Å². The second-order valence-electron chi connectivity index (χ2n) is 3.51. The molecule has 0 spiro atoms. The van der Waals surface area contributed by atoms with Crippen LogP contribution in [0.2, 0.25) is 11.1 Å². The van der Waals surface area contributed by atoms with Crippen molar-refractivity contribution in [1.29, 1.82) is 0 Å². The Bertz CT molecular complexity index is 326. The maximum atomic E-state index is 11.2. The summed E-state index contributed by atoms with van der Waals surface area (Å²) < 4.78 is 1.84. The van der Waals surface area contributed by atoms with Crippen LogP contribution in [0.5, 0.6) is 0 Å². The molecule has 0 aromatic carbocycles. The van der Waals surface area contributed by atoms with Gasteiger partial charge in [-0.3, -0.25) is 0 Å². The second-order valence-corrected chi connectivity index (χ2v) is 5.32. The Morgan fingerprint density at radius 1 is 1.62 bits per heavy atom. The first-order valence-corrected chi connectivity index (χ1v) is 8.33. The van der Waals surface area contributed by atoms with Crippen molar-refractivity contribution in [3.63, 3.8) is 0 Å². The van der Waals surface area contributed by atoms with Gasteiger partial charge in [-0.05, 0) is 0 Å². The third-order valence-corrected chi connectivity index (χ3v) is 3.17. The number of carbonyl (C=O) groups is 1. The average Bonchev–Trinajstić information content (AvgIpc) is 2.67. The molecule has 1 rings (SSSR count). The van der Waals surface area contributed by atoms with Crippen LogP contribution in [-0.4, -0.2) is 42.4 Å². The summed E-state index contributed by atoms with van der Waals surface area (Å²) in [5, 5.41) is 11.6. The standard InChI is InChI=1S/C10H18N4OSe/c1-3-6-14-7-9(12-13-14)4-5-11-10(15)8-16-2/h7H,3-6,8H2,1-2H3,(H,11,15). The number of nitrogens with one attached hydrogen (secondary N) is 1. The molecule has 0 aliphatic rings. The van der Waals surface area contributed by atoms with Gasteiger partial charge >= 0.3 is 102 Å². The van der Waals surface area contributed by atoms with Gasteiger partial charge in [-0.1, -0.05) is 0 Å². The Balaban J connectivity index is 2.23. The first-order valence-electron chi connectivity index (χ1n) is 5.41. The fourth-order valence-electron chi connectivity index (χ4n) is 1.30.